The molecule has 0 atom stereocenters. The van der Waals surface area contributed by atoms with Crippen molar-refractivity contribution in [1.82, 2.24) is 0 Å². The van der Waals surface area contributed by atoms with Crippen LogP contribution in [-0.4, -0.2) is 30.5 Å². The molecule has 0 aromatic rings. The number of hydrogen-bond donors (Lipinski definition) is 0. The normalized spacial score (nSPS) is 19.9. The van der Waals surface area contributed by atoms with Crippen LogP contribution in [0.3, 0.4) is 0 Å². The molecule has 0 N–H and O–H groups in total. The Morgan fingerprint density at radius 1 is 1.50 bits per heavy atom. The monoisotopic (exact) mass is 188 g/mol. The molecule has 0 amide bonds. The number of carbonyl (C=O) groups excluding carboxylic acids is 1. The molecule has 0 bridgehead atoms. The Kier molecular flexibility index (Phi) is 4.69. The summed E-state index contributed by atoms with van der Waals surface area (Å²) < 4.78 is 5.60. The van der Waals surface area contributed by atoms with E-state index in [1.54, 1.807) is 11.8 Å². The molecular weight excluding hydrogens is 172 g/mol. The summed E-state index contributed by atoms with van der Waals surface area (Å²) in [5, 5.41) is 0. The smallest absolute Gasteiger partial charge is 0.133 e. The van der Waals surface area contributed by atoms with Gasteiger partial charge in [-0.05, 0) is 19.1 Å². The van der Waals surface area contributed by atoms with Crippen LogP contribution >= 0.6 is 11.8 Å². The van der Waals surface area contributed by atoms with E-state index in [-0.39, 0.29) is 0 Å². The van der Waals surface area contributed by atoms with E-state index in [1.165, 1.54) is 0 Å². The lowest BCUT2D eigenvalue weighted by atomic mass is 9.97. The number of ketones is 1. The van der Waals surface area contributed by atoms with Gasteiger partial charge in [-0.25, -0.2) is 0 Å². The fourth-order valence-corrected chi connectivity index (χ4v) is 1.64. The fourth-order valence-electron chi connectivity index (χ4n) is 1.38. The molecule has 1 aliphatic carbocycles. The van der Waals surface area contributed by atoms with Crippen molar-refractivity contribution in [3.8, 4) is 0 Å². The quantitative estimate of drug-likeness (QED) is 0.630. The average molecular weight is 188 g/mol. The lowest BCUT2D eigenvalue weighted by Crippen LogP contribution is -2.22. The van der Waals surface area contributed by atoms with Gasteiger partial charge < -0.3 is 4.74 Å². The predicted octanol–water partition coefficient (Wildman–Crippen LogP) is 1.88. The molecule has 1 fully saturated rings. The molecule has 0 heterocycles. The van der Waals surface area contributed by atoms with E-state index >= 15 is 0 Å². The van der Waals surface area contributed by atoms with Gasteiger partial charge in [-0.15, -0.1) is 0 Å². The SMILES string of the molecule is CSCCOC1CCC(=O)CC1. The summed E-state index contributed by atoms with van der Waals surface area (Å²) in [5.74, 6) is 1.46. The Balaban J connectivity index is 2.05. The van der Waals surface area contributed by atoms with Gasteiger partial charge in [0.1, 0.15) is 5.78 Å². The van der Waals surface area contributed by atoms with Gasteiger partial charge in [0.25, 0.3) is 0 Å². The van der Waals surface area contributed by atoms with E-state index in [1.807, 2.05) is 0 Å². The first-order chi connectivity index (χ1) is 5.83. The van der Waals surface area contributed by atoms with Crippen molar-refractivity contribution < 1.29 is 9.53 Å². The molecule has 3 heteroatoms. The molecular formula is C9H16O2S. The van der Waals surface area contributed by atoms with Crippen LogP contribution in [0.4, 0.5) is 0 Å². The molecule has 12 heavy (non-hydrogen) atoms. The molecule has 0 unspecified atom stereocenters. The van der Waals surface area contributed by atoms with Crippen molar-refractivity contribution in [2.24, 2.45) is 0 Å². The summed E-state index contributed by atoms with van der Waals surface area (Å²) in [5.41, 5.74) is 0. The highest BCUT2D eigenvalue weighted by Gasteiger charge is 2.18. The zero-order chi connectivity index (χ0) is 8.81. The summed E-state index contributed by atoms with van der Waals surface area (Å²) >= 11 is 1.80. The highest BCUT2D eigenvalue weighted by Crippen LogP contribution is 2.17. The topological polar surface area (TPSA) is 26.3 Å². The first kappa shape index (κ1) is 10.1. The summed E-state index contributed by atoms with van der Waals surface area (Å²) in [7, 11) is 0. The van der Waals surface area contributed by atoms with Crippen LogP contribution in [0.5, 0.6) is 0 Å². The second-order valence-electron chi connectivity index (χ2n) is 3.10. The van der Waals surface area contributed by atoms with E-state index in [2.05, 4.69) is 6.26 Å². The zero-order valence-electron chi connectivity index (χ0n) is 7.54. The molecule has 2 nitrogen and oxygen atoms in total. The van der Waals surface area contributed by atoms with Crippen LogP contribution in [-0.2, 0) is 9.53 Å². The molecule has 0 radical (unpaired) electrons. The Morgan fingerprint density at radius 3 is 2.75 bits per heavy atom. The highest BCUT2D eigenvalue weighted by molar-refractivity contribution is 7.98. The fraction of sp³-hybridized carbons (Fsp3) is 0.889. The van der Waals surface area contributed by atoms with E-state index in [0.717, 1.165) is 38.0 Å². The van der Waals surface area contributed by atoms with Crippen LogP contribution in [0.2, 0.25) is 0 Å². The van der Waals surface area contributed by atoms with Crippen molar-refractivity contribution in [2.45, 2.75) is 31.8 Å². The van der Waals surface area contributed by atoms with Gasteiger partial charge in [-0.1, -0.05) is 0 Å². The molecule has 0 saturated heterocycles. The number of thioether (sulfide) groups is 1. The van der Waals surface area contributed by atoms with Crippen LogP contribution in [0, 0.1) is 0 Å². The van der Waals surface area contributed by atoms with E-state index in [4.69, 9.17) is 4.74 Å². The number of hydrogen-bond acceptors (Lipinski definition) is 3. The van der Waals surface area contributed by atoms with Crippen LogP contribution in [0.1, 0.15) is 25.7 Å². The van der Waals surface area contributed by atoms with Crippen molar-refractivity contribution in [3.63, 3.8) is 0 Å². The minimum absolute atomic E-state index is 0.356. The number of Topliss-reactive ketones (excluding diaryl/α,β-unsaturated/α-hetero) is 1. The van der Waals surface area contributed by atoms with E-state index in [0.29, 0.717) is 11.9 Å². The molecule has 0 aliphatic heterocycles. The number of rotatable bonds is 4. The summed E-state index contributed by atoms with van der Waals surface area (Å²) in [6.45, 7) is 0.833. The lowest BCUT2D eigenvalue weighted by Gasteiger charge is -2.20. The third-order valence-corrected chi connectivity index (χ3v) is 2.71. The van der Waals surface area contributed by atoms with Crippen molar-refractivity contribution in [1.29, 1.82) is 0 Å². The maximum absolute atomic E-state index is 10.9. The van der Waals surface area contributed by atoms with Gasteiger partial charge in [-0.2, -0.15) is 11.8 Å². The summed E-state index contributed by atoms with van der Waals surface area (Å²) in [4.78, 5) is 10.9. The third kappa shape index (κ3) is 3.59. The Morgan fingerprint density at radius 2 is 2.17 bits per heavy atom. The zero-order valence-corrected chi connectivity index (χ0v) is 8.36. The molecule has 70 valence electrons. The first-order valence-corrected chi connectivity index (χ1v) is 5.84. The molecule has 0 aromatic carbocycles. The van der Waals surface area contributed by atoms with Gasteiger partial charge in [-0.3, -0.25) is 4.79 Å². The Hall–Kier alpha value is -0.0200. The van der Waals surface area contributed by atoms with Crippen LogP contribution in [0.25, 0.3) is 0 Å². The standard InChI is InChI=1S/C9H16O2S/c1-12-7-6-11-9-4-2-8(10)3-5-9/h9H,2-7H2,1H3. The second kappa shape index (κ2) is 5.60. The van der Waals surface area contributed by atoms with E-state index in [9.17, 15) is 4.79 Å². The average Bonchev–Trinajstić information content (AvgIpc) is 2.09. The second-order valence-corrected chi connectivity index (χ2v) is 4.09. The van der Waals surface area contributed by atoms with Crippen LogP contribution < -0.4 is 0 Å². The summed E-state index contributed by atoms with van der Waals surface area (Å²) in [6.07, 6.45) is 5.76. The molecule has 0 aromatic heterocycles. The predicted molar refractivity (Wildman–Crippen MR) is 51.6 cm³/mol. The number of carbonyl (C=O) groups is 1. The highest BCUT2D eigenvalue weighted by atomic mass is 32.2. The molecule has 1 saturated carbocycles. The van der Waals surface area contributed by atoms with Gasteiger partial charge in [0.05, 0.1) is 12.7 Å². The van der Waals surface area contributed by atoms with Crippen molar-refractivity contribution >= 4 is 17.5 Å². The third-order valence-electron chi connectivity index (χ3n) is 2.13. The lowest BCUT2D eigenvalue weighted by molar-refractivity contribution is -0.122. The summed E-state index contributed by atoms with van der Waals surface area (Å²) in [6, 6.07) is 0. The van der Waals surface area contributed by atoms with Crippen molar-refractivity contribution in [2.75, 3.05) is 18.6 Å². The largest absolute Gasteiger partial charge is 0.377 e. The van der Waals surface area contributed by atoms with Gasteiger partial charge >= 0.3 is 0 Å². The Bertz CT molecular complexity index is 137. The maximum Gasteiger partial charge on any atom is 0.133 e. The maximum atomic E-state index is 10.9. The molecule has 0 spiro atoms. The van der Waals surface area contributed by atoms with Gasteiger partial charge in [0.2, 0.25) is 0 Å². The first-order valence-electron chi connectivity index (χ1n) is 4.45. The van der Waals surface area contributed by atoms with Crippen LogP contribution in [0.15, 0.2) is 0 Å². The molecule has 1 rings (SSSR count). The Labute approximate surface area is 78.1 Å². The minimum atomic E-state index is 0.356. The number of ether oxygens (including phenoxy) is 1. The van der Waals surface area contributed by atoms with Gasteiger partial charge in [0.15, 0.2) is 0 Å². The molecule has 1 aliphatic rings. The minimum Gasteiger partial charge on any atom is -0.377 e. The van der Waals surface area contributed by atoms with Crippen molar-refractivity contribution in [3.05, 3.63) is 0 Å². The van der Waals surface area contributed by atoms with E-state index < -0.39 is 0 Å². The van der Waals surface area contributed by atoms with Gasteiger partial charge in [0, 0.05) is 18.6 Å².